The number of methoxy groups -OCH3 is 2. The average Bonchev–Trinajstić information content (AvgIpc) is 2.34. The first-order valence-electron chi connectivity index (χ1n) is 4.83. The lowest BCUT2D eigenvalue weighted by Crippen LogP contribution is -2.14. The van der Waals surface area contributed by atoms with E-state index in [1.165, 1.54) is 0 Å². The van der Waals surface area contributed by atoms with Crippen LogP contribution in [0.4, 0.5) is 13.2 Å². The molecule has 0 saturated carbocycles. The molecule has 0 heterocycles. The summed E-state index contributed by atoms with van der Waals surface area (Å²) in [4.78, 5) is 22.2. The predicted molar refractivity (Wildman–Crippen MR) is 56.3 cm³/mol. The predicted octanol–water partition coefficient (Wildman–Crippen LogP) is 2.20. The van der Waals surface area contributed by atoms with Crippen molar-refractivity contribution in [1.82, 2.24) is 0 Å². The van der Waals surface area contributed by atoms with Gasteiger partial charge in [0.15, 0.2) is 0 Å². The molecule has 0 fully saturated rings. The second-order valence-corrected chi connectivity index (χ2v) is 3.40. The minimum Gasteiger partial charge on any atom is -0.495 e. The molecule has 1 rings (SSSR count). The summed E-state index contributed by atoms with van der Waals surface area (Å²) in [6.45, 7) is 0. The molecule has 0 spiro atoms. The van der Waals surface area contributed by atoms with E-state index in [0.717, 1.165) is 20.3 Å². The smallest absolute Gasteiger partial charge is 0.420 e. The minimum atomic E-state index is -4.86. The third-order valence-corrected chi connectivity index (χ3v) is 2.25. The molecule has 0 aliphatic rings. The van der Waals surface area contributed by atoms with Crippen molar-refractivity contribution in [1.29, 1.82) is 0 Å². The lowest BCUT2D eigenvalue weighted by molar-refractivity contribution is -0.138. The van der Waals surface area contributed by atoms with Crippen LogP contribution in [-0.4, -0.2) is 31.3 Å². The highest BCUT2D eigenvalue weighted by Crippen LogP contribution is 2.39. The van der Waals surface area contributed by atoms with Crippen molar-refractivity contribution < 1.29 is 37.3 Å². The second-order valence-electron chi connectivity index (χ2n) is 3.40. The summed E-state index contributed by atoms with van der Waals surface area (Å²) in [5.74, 6) is -3.57. The molecule has 0 atom stereocenters. The number of halogens is 3. The number of carboxylic acids is 1. The molecule has 0 unspecified atom stereocenters. The van der Waals surface area contributed by atoms with E-state index in [2.05, 4.69) is 9.47 Å². The van der Waals surface area contributed by atoms with Crippen LogP contribution in [0.15, 0.2) is 12.1 Å². The van der Waals surface area contributed by atoms with Gasteiger partial charge >= 0.3 is 18.1 Å². The van der Waals surface area contributed by atoms with Crippen LogP contribution in [0.2, 0.25) is 0 Å². The standard InChI is InChI=1S/C11H9F3O5/c1-18-8-6(9(15)16)3-5(10(17)19-2)4-7(8)11(12,13)14/h3-4H,1-2H3,(H,15,16). The number of carbonyl (C=O) groups excluding carboxylic acids is 1. The summed E-state index contributed by atoms with van der Waals surface area (Å²) in [6, 6.07) is 1.25. The van der Waals surface area contributed by atoms with Crippen molar-refractivity contribution in [2.24, 2.45) is 0 Å². The van der Waals surface area contributed by atoms with E-state index in [1.807, 2.05) is 0 Å². The topological polar surface area (TPSA) is 72.8 Å². The second kappa shape index (κ2) is 5.17. The van der Waals surface area contributed by atoms with E-state index in [4.69, 9.17) is 5.11 Å². The molecule has 0 aliphatic carbocycles. The molecule has 104 valence electrons. The Morgan fingerprint density at radius 2 is 1.79 bits per heavy atom. The van der Waals surface area contributed by atoms with Gasteiger partial charge in [-0.1, -0.05) is 0 Å². The molecule has 0 bridgehead atoms. The number of carbonyl (C=O) groups is 2. The number of esters is 1. The molecule has 0 aliphatic heterocycles. The number of aromatic carboxylic acids is 1. The summed E-state index contributed by atoms with van der Waals surface area (Å²) >= 11 is 0. The Bertz CT molecular complexity index is 522. The van der Waals surface area contributed by atoms with Gasteiger partial charge in [-0.05, 0) is 12.1 Å². The molecule has 5 nitrogen and oxygen atoms in total. The van der Waals surface area contributed by atoms with Crippen molar-refractivity contribution >= 4 is 11.9 Å². The van der Waals surface area contributed by atoms with Gasteiger partial charge < -0.3 is 14.6 Å². The van der Waals surface area contributed by atoms with E-state index in [0.29, 0.717) is 6.07 Å². The Labute approximate surface area is 105 Å². The highest BCUT2D eigenvalue weighted by molar-refractivity contribution is 5.97. The van der Waals surface area contributed by atoms with Gasteiger partial charge in [0.2, 0.25) is 0 Å². The van der Waals surface area contributed by atoms with Crippen molar-refractivity contribution in [2.45, 2.75) is 6.18 Å². The van der Waals surface area contributed by atoms with Gasteiger partial charge in [-0.3, -0.25) is 0 Å². The molecule has 0 saturated heterocycles. The number of hydrogen-bond acceptors (Lipinski definition) is 4. The molecule has 1 aromatic carbocycles. The molecule has 0 aromatic heterocycles. The minimum absolute atomic E-state index is 0.483. The van der Waals surface area contributed by atoms with Crippen molar-refractivity contribution in [3.8, 4) is 5.75 Å². The lowest BCUT2D eigenvalue weighted by Gasteiger charge is -2.15. The van der Waals surface area contributed by atoms with Crippen LogP contribution in [0, 0.1) is 0 Å². The van der Waals surface area contributed by atoms with Crippen LogP contribution < -0.4 is 4.74 Å². The highest BCUT2D eigenvalue weighted by atomic mass is 19.4. The summed E-state index contributed by atoms with van der Waals surface area (Å²) < 4.78 is 47.2. The summed E-state index contributed by atoms with van der Waals surface area (Å²) in [7, 11) is 1.88. The maximum atomic E-state index is 12.8. The Hall–Kier alpha value is -2.25. The van der Waals surface area contributed by atoms with Gasteiger partial charge in [-0.15, -0.1) is 0 Å². The Morgan fingerprint density at radius 1 is 1.21 bits per heavy atom. The number of benzene rings is 1. The molecular weight excluding hydrogens is 269 g/mol. The molecule has 0 amide bonds. The third-order valence-electron chi connectivity index (χ3n) is 2.25. The van der Waals surface area contributed by atoms with Crippen LogP contribution in [0.25, 0.3) is 0 Å². The van der Waals surface area contributed by atoms with Crippen LogP contribution in [0.1, 0.15) is 26.3 Å². The number of carboxylic acid groups (broad SMARTS) is 1. The third kappa shape index (κ3) is 2.95. The summed E-state index contributed by atoms with van der Waals surface area (Å²) in [5.41, 5.74) is -2.64. The first-order valence-corrected chi connectivity index (χ1v) is 4.83. The quantitative estimate of drug-likeness (QED) is 0.858. The van der Waals surface area contributed by atoms with Crippen molar-refractivity contribution in [3.05, 3.63) is 28.8 Å². The van der Waals surface area contributed by atoms with Gasteiger partial charge in [0.25, 0.3) is 0 Å². The van der Waals surface area contributed by atoms with Gasteiger partial charge in [0, 0.05) is 0 Å². The molecule has 0 radical (unpaired) electrons. The Balaban J connectivity index is 3.64. The Kier molecular flexibility index (Phi) is 4.03. The summed E-state index contributed by atoms with van der Waals surface area (Å²) in [6.07, 6.45) is -4.86. The van der Waals surface area contributed by atoms with Crippen LogP contribution in [-0.2, 0) is 10.9 Å². The van der Waals surface area contributed by atoms with Gasteiger partial charge in [-0.2, -0.15) is 13.2 Å². The molecular formula is C11H9F3O5. The first kappa shape index (κ1) is 14.8. The van der Waals surface area contributed by atoms with Gasteiger partial charge in [0.05, 0.1) is 25.3 Å². The van der Waals surface area contributed by atoms with Gasteiger partial charge in [0.1, 0.15) is 11.3 Å². The SMILES string of the molecule is COC(=O)c1cc(C(=O)O)c(OC)c(C(F)(F)F)c1. The maximum Gasteiger partial charge on any atom is 0.420 e. The van der Waals surface area contributed by atoms with E-state index in [1.54, 1.807) is 0 Å². The van der Waals surface area contributed by atoms with Crippen molar-refractivity contribution in [3.63, 3.8) is 0 Å². The molecule has 1 aromatic rings. The number of alkyl halides is 3. The normalized spacial score (nSPS) is 11.0. The lowest BCUT2D eigenvalue weighted by atomic mass is 10.0. The fraction of sp³-hybridized carbons (Fsp3) is 0.273. The fourth-order valence-corrected chi connectivity index (χ4v) is 1.45. The van der Waals surface area contributed by atoms with Crippen LogP contribution >= 0.6 is 0 Å². The molecule has 1 N–H and O–H groups in total. The van der Waals surface area contributed by atoms with Crippen LogP contribution in [0.3, 0.4) is 0 Å². The highest BCUT2D eigenvalue weighted by Gasteiger charge is 2.37. The zero-order valence-corrected chi connectivity index (χ0v) is 9.87. The van der Waals surface area contributed by atoms with Crippen LogP contribution in [0.5, 0.6) is 5.75 Å². The van der Waals surface area contributed by atoms with Crippen molar-refractivity contribution in [2.75, 3.05) is 14.2 Å². The monoisotopic (exact) mass is 278 g/mol. The van der Waals surface area contributed by atoms with Gasteiger partial charge in [-0.25, -0.2) is 9.59 Å². The number of hydrogen-bond donors (Lipinski definition) is 1. The zero-order chi connectivity index (χ0) is 14.8. The first-order chi connectivity index (χ1) is 8.72. The van der Waals surface area contributed by atoms with E-state index in [9.17, 15) is 22.8 Å². The zero-order valence-electron chi connectivity index (χ0n) is 9.87. The molecule has 8 heteroatoms. The number of rotatable bonds is 3. The fourth-order valence-electron chi connectivity index (χ4n) is 1.45. The Morgan fingerprint density at radius 3 is 2.16 bits per heavy atom. The molecule has 19 heavy (non-hydrogen) atoms. The summed E-state index contributed by atoms with van der Waals surface area (Å²) in [5, 5.41) is 8.87. The average molecular weight is 278 g/mol. The largest absolute Gasteiger partial charge is 0.495 e. The van der Waals surface area contributed by atoms with E-state index < -0.39 is 40.6 Å². The van der Waals surface area contributed by atoms with E-state index >= 15 is 0 Å². The van der Waals surface area contributed by atoms with E-state index in [-0.39, 0.29) is 0 Å². The number of ether oxygens (including phenoxy) is 2. The maximum absolute atomic E-state index is 12.8.